The minimum absolute atomic E-state index is 1.00. The summed E-state index contributed by atoms with van der Waals surface area (Å²) < 4.78 is 0. The molecule has 1 aromatic rings. The molecular formula is C10H9BrN. The molecule has 0 amide bonds. The first kappa shape index (κ1) is 7.87. The molecule has 1 aromatic carbocycles. The second-order valence-corrected chi connectivity index (χ2v) is 3.53. The van der Waals surface area contributed by atoms with Crippen LogP contribution in [-0.4, -0.2) is 5.33 Å². The van der Waals surface area contributed by atoms with Crippen LogP contribution in [-0.2, 0) is 0 Å². The van der Waals surface area contributed by atoms with Gasteiger partial charge < -0.3 is 0 Å². The number of rotatable bonds is 2. The lowest BCUT2D eigenvalue weighted by Gasteiger charge is -1.99. The standard InChI is InChI=1S/C10H9BrN/c11-6-5-8-7-12-10-4-2-1-3-9(8)10/h1-4,7H,5-6H2. The average Bonchev–Trinajstić information content (AvgIpc) is 2.50. The Kier molecular flexibility index (Phi) is 2.17. The predicted octanol–water partition coefficient (Wildman–Crippen LogP) is 3.06. The normalized spacial score (nSPS) is 13.6. The molecule has 12 heavy (non-hydrogen) atoms. The van der Waals surface area contributed by atoms with Crippen LogP contribution in [0.4, 0.5) is 5.69 Å². The van der Waals surface area contributed by atoms with Gasteiger partial charge in [-0.1, -0.05) is 34.1 Å². The van der Waals surface area contributed by atoms with Crippen LogP contribution in [0.25, 0.3) is 5.57 Å². The number of hydrogen-bond acceptors (Lipinski definition) is 0. The summed E-state index contributed by atoms with van der Waals surface area (Å²) in [6.45, 7) is 0. The number of para-hydroxylation sites is 1. The highest BCUT2D eigenvalue weighted by atomic mass is 79.9. The third kappa shape index (κ3) is 1.27. The first-order valence-electron chi connectivity index (χ1n) is 3.97. The SMILES string of the molecule is BrCCC1=C[N]c2ccccc21. The summed E-state index contributed by atoms with van der Waals surface area (Å²) in [6, 6.07) is 8.25. The summed E-state index contributed by atoms with van der Waals surface area (Å²) in [4.78, 5) is 0. The van der Waals surface area contributed by atoms with E-state index >= 15 is 0 Å². The number of allylic oxidation sites excluding steroid dienone is 1. The summed E-state index contributed by atoms with van der Waals surface area (Å²) in [5, 5.41) is 5.32. The van der Waals surface area contributed by atoms with Gasteiger partial charge in [-0.2, -0.15) is 0 Å². The molecule has 0 unspecified atom stereocenters. The van der Waals surface area contributed by atoms with Crippen LogP contribution in [0, 0.1) is 0 Å². The molecule has 0 bridgehead atoms. The van der Waals surface area contributed by atoms with Gasteiger partial charge in [0.25, 0.3) is 0 Å². The molecule has 0 spiro atoms. The van der Waals surface area contributed by atoms with E-state index in [0.29, 0.717) is 0 Å². The molecule has 0 aromatic heterocycles. The van der Waals surface area contributed by atoms with Crippen LogP contribution in [0.2, 0.25) is 0 Å². The Morgan fingerprint density at radius 1 is 1.25 bits per heavy atom. The van der Waals surface area contributed by atoms with Crippen molar-refractivity contribution >= 4 is 27.2 Å². The van der Waals surface area contributed by atoms with E-state index in [2.05, 4.69) is 33.4 Å². The van der Waals surface area contributed by atoms with Gasteiger partial charge in [0.15, 0.2) is 0 Å². The number of fused-ring (bicyclic) bond motifs is 1. The Morgan fingerprint density at radius 2 is 2.08 bits per heavy atom. The molecule has 0 saturated heterocycles. The lowest BCUT2D eigenvalue weighted by Crippen LogP contribution is -1.81. The van der Waals surface area contributed by atoms with E-state index in [1.807, 2.05) is 18.3 Å². The van der Waals surface area contributed by atoms with Crippen LogP contribution in [0.15, 0.2) is 30.5 Å². The molecule has 0 atom stereocenters. The van der Waals surface area contributed by atoms with Crippen LogP contribution in [0.1, 0.15) is 12.0 Å². The topological polar surface area (TPSA) is 14.1 Å². The molecule has 1 nitrogen and oxygen atoms in total. The van der Waals surface area contributed by atoms with E-state index in [4.69, 9.17) is 0 Å². The quantitative estimate of drug-likeness (QED) is 0.684. The summed E-state index contributed by atoms with van der Waals surface area (Å²) >= 11 is 3.43. The zero-order chi connectivity index (χ0) is 8.39. The van der Waals surface area contributed by atoms with Gasteiger partial charge in [-0.25, -0.2) is 0 Å². The number of nitrogens with zero attached hydrogens (tertiary/aromatic N) is 1. The maximum atomic E-state index is 4.32. The van der Waals surface area contributed by atoms with Gasteiger partial charge in [0.2, 0.25) is 0 Å². The van der Waals surface area contributed by atoms with Crippen molar-refractivity contribution in [3.63, 3.8) is 0 Å². The molecule has 2 rings (SSSR count). The van der Waals surface area contributed by atoms with E-state index in [0.717, 1.165) is 17.4 Å². The smallest absolute Gasteiger partial charge is 0.0705 e. The van der Waals surface area contributed by atoms with E-state index in [9.17, 15) is 0 Å². The molecule has 0 N–H and O–H groups in total. The Balaban J connectivity index is 2.32. The van der Waals surface area contributed by atoms with Crippen molar-refractivity contribution in [2.24, 2.45) is 0 Å². The highest BCUT2D eigenvalue weighted by Crippen LogP contribution is 2.31. The minimum Gasteiger partial charge on any atom is -0.256 e. The molecule has 1 heterocycles. The highest BCUT2D eigenvalue weighted by molar-refractivity contribution is 9.09. The van der Waals surface area contributed by atoms with Gasteiger partial charge in [0, 0.05) is 17.1 Å². The summed E-state index contributed by atoms with van der Waals surface area (Å²) in [5.74, 6) is 0. The van der Waals surface area contributed by atoms with E-state index < -0.39 is 0 Å². The monoisotopic (exact) mass is 222 g/mol. The van der Waals surface area contributed by atoms with Crippen molar-refractivity contribution in [2.45, 2.75) is 6.42 Å². The fraction of sp³-hybridized carbons (Fsp3) is 0.200. The number of halogens is 1. The van der Waals surface area contributed by atoms with E-state index in [1.54, 1.807) is 0 Å². The zero-order valence-corrected chi connectivity index (χ0v) is 8.21. The average molecular weight is 223 g/mol. The summed E-state index contributed by atoms with van der Waals surface area (Å²) in [7, 11) is 0. The number of alkyl halides is 1. The molecule has 61 valence electrons. The second-order valence-electron chi connectivity index (χ2n) is 2.74. The van der Waals surface area contributed by atoms with Crippen molar-refractivity contribution in [2.75, 3.05) is 5.33 Å². The van der Waals surface area contributed by atoms with E-state index in [-0.39, 0.29) is 0 Å². The first-order valence-corrected chi connectivity index (χ1v) is 5.09. The van der Waals surface area contributed by atoms with Crippen LogP contribution >= 0.6 is 15.9 Å². The highest BCUT2D eigenvalue weighted by Gasteiger charge is 2.12. The Bertz CT molecular complexity index is 317. The molecule has 2 heteroatoms. The van der Waals surface area contributed by atoms with Crippen molar-refractivity contribution in [1.29, 1.82) is 0 Å². The maximum absolute atomic E-state index is 4.32. The van der Waals surface area contributed by atoms with Crippen LogP contribution in [0.3, 0.4) is 0 Å². The molecule has 1 radical (unpaired) electrons. The first-order chi connectivity index (χ1) is 5.92. The lowest BCUT2D eigenvalue weighted by molar-refractivity contribution is 1.21. The van der Waals surface area contributed by atoms with Crippen LogP contribution in [0.5, 0.6) is 0 Å². The minimum atomic E-state index is 1.00. The van der Waals surface area contributed by atoms with Crippen molar-refractivity contribution in [3.8, 4) is 0 Å². The number of benzene rings is 1. The molecule has 1 aliphatic rings. The molecule has 0 aliphatic carbocycles. The number of hydrogen-bond donors (Lipinski definition) is 0. The van der Waals surface area contributed by atoms with Gasteiger partial charge in [0.1, 0.15) is 0 Å². The van der Waals surface area contributed by atoms with Crippen LogP contribution < -0.4 is 5.32 Å². The van der Waals surface area contributed by atoms with E-state index in [1.165, 1.54) is 11.1 Å². The molecule has 0 fully saturated rings. The third-order valence-electron chi connectivity index (χ3n) is 1.97. The molecule has 1 aliphatic heterocycles. The van der Waals surface area contributed by atoms with Gasteiger partial charge in [-0.3, -0.25) is 5.32 Å². The van der Waals surface area contributed by atoms with Crippen molar-refractivity contribution < 1.29 is 0 Å². The summed E-state index contributed by atoms with van der Waals surface area (Å²) in [5.41, 5.74) is 3.73. The fourth-order valence-electron chi connectivity index (χ4n) is 1.38. The van der Waals surface area contributed by atoms with Crippen molar-refractivity contribution in [1.82, 2.24) is 5.32 Å². The predicted molar refractivity (Wildman–Crippen MR) is 54.6 cm³/mol. The maximum Gasteiger partial charge on any atom is 0.0705 e. The Hall–Kier alpha value is -0.760. The van der Waals surface area contributed by atoms with Gasteiger partial charge >= 0.3 is 0 Å². The van der Waals surface area contributed by atoms with Gasteiger partial charge in [-0.15, -0.1) is 0 Å². The Morgan fingerprint density at radius 3 is 2.92 bits per heavy atom. The molecule has 0 saturated carbocycles. The Labute approximate surface area is 80.6 Å². The zero-order valence-electron chi connectivity index (χ0n) is 6.63. The van der Waals surface area contributed by atoms with Crippen molar-refractivity contribution in [3.05, 3.63) is 36.0 Å². The van der Waals surface area contributed by atoms with Gasteiger partial charge in [0.05, 0.1) is 5.69 Å². The molecular weight excluding hydrogens is 214 g/mol. The third-order valence-corrected chi connectivity index (χ3v) is 2.37. The fourth-order valence-corrected chi connectivity index (χ4v) is 1.80. The summed E-state index contributed by atoms with van der Waals surface area (Å²) in [6.07, 6.45) is 3.02. The lowest BCUT2D eigenvalue weighted by atomic mass is 10.1. The van der Waals surface area contributed by atoms with Gasteiger partial charge in [-0.05, 0) is 18.1 Å². The largest absolute Gasteiger partial charge is 0.256 e. The second kappa shape index (κ2) is 3.31.